The highest BCUT2D eigenvalue weighted by Gasteiger charge is 2.39. The molecule has 0 radical (unpaired) electrons. The number of para-hydroxylation sites is 1. The van der Waals surface area contributed by atoms with E-state index in [2.05, 4.69) is 5.32 Å². The minimum absolute atomic E-state index is 0.0396. The van der Waals surface area contributed by atoms with Crippen molar-refractivity contribution in [3.05, 3.63) is 93.4 Å². The van der Waals surface area contributed by atoms with Gasteiger partial charge in [0.15, 0.2) is 11.4 Å². The molecule has 0 fully saturated rings. The van der Waals surface area contributed by atoms with Crippen molar-refractivity contribution in [2.24, 2.45) is 5.50 Å². The third kappa shape index (κ3) is 6.62. The average Bonchev–Trinajstić information content (AvgIpc) is 2.94. The van der Waals surface area contributed by atoms with Crippen LogP contribution in [0.4, 0.5) is 8.78 Å². The summed E-state index contributed by atoms with van der Waals surface area (Å²) >= 11 is 0. The van der Waals surface area contributed by atoms with Crippen molar-refractivity contribution >= 4 is 19.3 Å². The Balaban J connectivity index is 1.68. The summed E-state index contributed by atoms with van der Waals surface area (Å²) in [5, 5.41) is 14.7. The quantitative estimate of drug-likeness (QED) is 0.279. The van der Waals surface area contributed by atoms with Crippen LogP contribution in [0.2, 0.25) is 0 Å². The van der Waals surface area contributed by atoms with Crippen molar-refractivity contribution < 1.29 is 37.3 Å². The second kappa shape index (κ2) is 12.7. The number of benzene rings is 2. The van der Waals surface area contributed by atoms with Gasteiger partial charge in [-0.05, 0) is 18.2 Å². The molecule has 2 atom stereocenters. The molecule has 2 amide bonds. The van der Waals surface area contributed by atoms with Crippen LogP contribution in [0.3, 0.4) is 0 Å². The molecule has 1 aliphatic heterocycles. The van der Waals surface area contributed by atoms with Crippen LogP contribution in [0.15, 0.2) is 59.5 Å². The summed E-state index contributed by atoms with van der Waals surface area (Å²) in [7, 11) is -0.807. The standard InChI is InChI=1S/C27H30F2N5O7P/c1-32-22(10-12-40-2)33(11-13-42(30,39)41-19-6-4-3-5-7-19)34-16-20(24(35)25(36)23(34)27(32)38)26(37)31-15-17-8-9-18(28)14-21(17)29/h3-9,14,16,22,36H,10-13,15H2,1-2H3,(H2,30,39)(H,31,37). The molecule has 3 aromatic rings. The third-order valence-corrected chi connectivity index (χ3v) is 8.02. The van der Waals surface area contributed by atoms with Gasteiger partial charge in [0.2, 0.25) is 5.43 Å². The Morgan fingerprint density at radius 1 is 1.17 bits per heavy atom. The van der Waals surface area contributed by atoms with Crippen LogP contribution in [-0.4, -0.2) is 66.1 Å². The van der Waals surface area contributed by atoms with Crippen LogP contribution < -0.4 is 25.8 Å². The molecule has 2 heterocycles. The number of methoxy groups -OCH3 is 1. The molecule has 42 heavy (non-hydrogen) atoms. The smallest absolute Gasteiger partial charge is 0.315 e. The number of carbonyl (C=O) groups excluding carboxylic acids is 2. The molecule has 0 spiro atoms. The molecule has 15 heteroatoms. The van der Waals surface area contributed by atoms with E-state index in [0.29, 0.717) is 11.8 Å². The normalized spacial score (nSPS) is 16.1. The fourth-order valence-corrected chi connectivity index (χ4v) is 5.56. The molecule has 4 rings (SSSR count). The largest absolute Gasteiger partial charge is 0.502 e. The molecule has 0 saturated carbocycles. The van der Waals surface area contributed by atoms with Gasteiger partial charge in [-0.2, -0.15) is 0 Å². The Bertz CT molecular complexity index is 1590. The summed E-state index contributed by atoms with van der Waals surface area (Å²) in [6.45, 7) is -0.274. The van der Waals surface area contributed by atoms with E-state index in [9.17, 15) is 32.8 Å². The van der Waals surface area contributed by atoms with E-state index in [4.69, 9.17) is 14.8 Å². The SMILES string of the molecule is COCCC1N(C)C(=O)c2c(O)c(=O)c(C(=O)NCc3ccc(F)cc3F)cn2N1CCP(N)(=O)Oc1ccccc1. The van der Waals surface area contributed by atoms with Crippen molar-refractivity contribution in [3.8, 4) is 11.5 Å². The molecular weight excluding hydrogens is 575 g/mol. The predicted molar refractivity (Wildman–Crippen MR) is 149 cm³/mol. The molecule has 2 aromatic carbocycles. The van der Waals surface area contributed by atoms with E-state index < -0.39 is 59.6 Å². The first-order valence-corrected chi connectivity index (χ1v) is 14.7. The number of carbonyl (C=O) groups is 2. The van der Waals surface area contributed by atoms with Gasteiger partial charge in [-0.25, -0.2) is 14.3 Å². The zero-order valence-corrected chi connectivity index (χ0v) is 23.7. The van der Waals surface area contributed by atoms with E-state index in [1.807, 2.05) is 0 Å². The lowest BCUT2D eigenvalue weighted by Crippen LogP contribution is -2.61. The number of ether oxygens (including phenoxy) is 1. The summed E-state index contributed by atoms with van der Waals surface area (Å²) in [6, 6.07) is 11.1. The van der Waals surface area contributed by atoms with E-state index in [0.717, 1.165) is 23.0 Å². The van der Waals surface area contributed by atoms with Gasteiger partial charge < -0.3 is 24.6 Å². The minimum atomic E-state index is -3.74. The van der Waals surface area contributed by atoms with Gasteiger partial charge in [-0.15, -0.1) is 0 Å². The molecule has 12 nitrogen and oxygen atoms in total. The maximum atomic E-state index is 14.1. The van der Waals surface area contributed by atoms with Gasteiger partial charge in [0.05, 0.1) is 6.16 Å². The Labute approximate surface area is 239 Å². The third-order valence-electron chi connectivity index (χ3n) is 6.68. The molecular formula is C27H30F2N5O7P. The fourth-order valence-electron chi connectivity index (χ4n) is 4.50. The number of hydrogen-bond acceptors (Lipinski definition) is 8. The lowest BCUT2D eigenvalue weighted by atomic mass is 10.1. The Morgan fingerprint density at radius 2 is 1.88 bits per heavy atom. The summed E-state index contributed by atoms with van der Waals surface area (Å²) < 4.78 is 52.3. The average molecular weight is 606 g/mol. The zero-order valence-electron chi connectivity index (χ0n) is 22.8. The summed E-state index contributed by atoms with van der Waals surface area (Å²) in [4.78, 5) is 40.6. The van der Waals surface area contributed by atoms with Gasteiger partial charge in [0.1, 0.15) is 29.1 Å². The number of nitrogens with two attached hydrogens (primary N) is 1. The second-order valence-electron chi connectivity index (χ2n) is 9.53. The maximum absolute atomic E-state index is 14.1. The van der Waals surface area contributed by atoms with Crippen LogP contribution in [0, 0.1) is 11.6 Å². The topological polar surface area (TPSA) is 156 Å². The predicted octanol–water partition coefficient (Wildman–Crippen LogP) is 2.38. The van der Waals surface area contributed by atoms with Gasteiger partial charge in [-0.1, -0.05) is 24.3 Å². The number of pyridine rings is 1. The van der Waals surface area contributed by atoms with Crippen molar-refractivity contribution in [3.63, 3.8) is 0 Å². The first kappa shape index (κ1) is 30.7. The molecule has 224 valence electrons. The minimum Gasteiger partial charge on any atom is -0.502 e. The molecule has 4 N–H and O–H groups in total. The van der Waals surface area contributed by atoms with Crippen LogP contribution >= 0.6 is 7.52 Å². The highest BCUT2D eigenvalue weighted by Crippen LogP contribution is 2.39. The number of amides is 2. The number of halogens is 2. The highest BCUT2D eigenvalue weighted by atomic mass is 31.2. The second-order valence-corrected chi connectivity index (χ2v) is 11.6. The summed E-state index contributed by atoms with van der Waals surface area (Å²) in [5.41, 5.74) is 3.87. The summed E-state index contributed by atoms with van der Waals surface area (Å²) in [5.74, 6) is -4.08. The van der Waals surface area contributed by atoms with Crippen molar-refractivity contribution in [1.82, 2.24) is 14.9 Å². The number of aromatic hydroxyl groups is 1. The molecule has 1 aliphatic rings. The van der Waals surface area contributed by atoms with Crippen molar-refractivity contribution in [1.29, 1.82) is 0 Å². The Morgan fingerprint density at radius 3 is 2.55 bits per heavy atom. The van der Waals surface area contributed by atoms with E-state index >= 15 is 0 Å². The monoisotopic (exact) mass is 605 g/mol. The van der Waals surface area contributed by atoms with E-state index in [-0.39, 0.29) is 37.8 Å². The fraction of sp³-hybridized carbons (Fsp3) is 0.296. The molecule has 1 aromatic heterocycles. The number of nitrogens with one attached hydrogen (secondary N) is 1. The number of aromatic nitrogens is 1. The molecule has 0 saturated heterocycles. The first-order valence-electron chi connectivity index (χ1n) is 12.8. The van der Waals surface area contributed by atoms with Gasteiger partial charge in [0.25, 0.3) is 11.8 Å². The van der Waals surface area contributed by atoms with Crippen LogP contribution in [0.5, 0.6) is 11.5 Å². The highest BCUT2D eigenvalue weighted by molar-refractivity contribution is 7.56. The van der Waals surface area contributed by atoms with Crippen molar-refractivity contribution in [2.75, 3.05) is 38.5 Å². The van der Waals surface area contributed by atoms with Crippen LogP contribution in [0.1, 0.15) is 32.8 Å². The number of rotatable bonds is 11. The summed E-state index contributed by atoms with van der Waals surface area (Å²) in [6.07, 6.45) is 0.376. The maximum Gasteiger partial charge on any atom is 0.315 e. The number of nitrogens with zero attached hydrogens (tertiary/aromatic N) is 3. The lowest BCUT2D eigenvalue weighted by molar-refractivity contribution is 0.0576. The Hall–Kier alpha value is -4.26. The van der Waals surface area contributed by atoms with E-state index in [1.54, 1.807) is 30.3 Å². The van der Waals surface area contributed by atoms with Crippen LogP contribution in [0.25, 0.3) is 0 Å². The van der Waals surface area contributed by atoms with Gasteiger partial charge in [0, 0.05) is 58.1 Å². The van der Waals surface area contributed by atoms with Gasteiger partial charge >= 0.3 is 7.52 Å². The Kier molecular flexibility index (Phi) is 9.30. The number of fused-ring (bicyclic) bond motifs is 1. The number of hydrogen-bond donors (Lipinski definition) is 3. The lowest BCUT2D eigenvalue weighted by Gasteiger charge is -2.45. The van der Waals surface area contributed by atoms with Crippen LogP contribution in [-0.2, 0) is 15.8 Å². The molecule has 0 aliphatic carbocycles. The first-order chi connectivity index (χ1) is 19.9. The molecule has 2 unspecified atom stereocenters. The van der Waals surface area contributed by atoms with Gasteiger partial charge in [-0.3, -0.25) is 28.6 Å². The van der Waals surface area contributed by atoms with E-state index in [1.165, 1.54) is 24.1 Å². The van der Waals surface area contributed by atoms with Crippen molar-refractivity contribution in [2.45, 2.75) is 19.1 Å². The zero-order chi connectivity index (χ0) is 30.6. The molecule has 0 bridgehead atoms.